The van der Waals surface area contributed by atoms with Crippen molar-refractivity contribution < 1.29 is 4.74 Å². The first-order valence-corrected chi connectivity index (χ1v) is 7.39. The summed E-state index contributed by atoms with van der Waals surface area (Å²) in [5.74, 6) is 0.738. The molecule has 20 heavy (non-hydrogen) atoms. The van der Waals surface area contributed by atoms with Gasteiger partial charge in [0, 0.05) is 30.7 Å². The molecule has 0 amide bonds. The summed E-state index contributed by atoms with van der Waals surface area (Å²) in [5, 5.41) is 1.87. The van der Waals surface area contributed by atoms with Gasteiger partial charge in [-0.15, -0.1) is 0 Å². The predicted molar refractivity (Wildman–Crippen MR) is 82.4 cm³/mol. The standard InChI is InChI=1S/C15H20ClN3O/c1-20-15-8-11-7-12-10-18(4-2-3-17)5-6-19(12)14(11)9-13(15)16/h7-9H,2-6,10,17H2,1H3. The van der Waals surface area contributed by atoms with Gasteiger partial charge in [0.15, 0.2) is 0 Å². The number of nitrogens with two attached hydrogens (primary N) is 1. The van der Waals surface area contributed by atoms with Crippen LogP contribution in [0.4, 0.5) is 0 Å². The first-order valence-electron chi connectivity index (χ1n) is 7.01. The van der Waals surface area contributed by atoms with E-state index < -0.39 is 0 Å². The fourth-order valence-electron chi connectivity index (χ4n) is 2.93. The Labute approximate surface area is 124 Å². The number of rotatable bonds is 4. The number of ether oxygens (including phenoxy) is 1. The van der Waals surface area contributed by atoms with Gasteiger partial charge >= 0.3 is 0 Å². The van der Waals surface area contributed by atoms with Crippen molar-refractivity contribution in [1.82, 2.24) is 9.47 Å². The van der Waals surface area contributed by atoms with Crippen LogP contribution < -0.4 is 10.5 Å². The molecule has 0 spiro atoms. The van der Waals surface area contributed by atoms with E-state index >= 15 is 0 Å². The number of fused-ring (bicyclic) bond motifs is 3. The van der Waals surface area contributed by atoms with E-state index in [1.807, 2.05) is 12.1 Å². The number of hydrogen-bond acceptors (Lipinski definition) is 3. The van der Waals surface area contributed by atoms with Gasteiger partial charge in [0.2, 0.25) is 0 Å². The maximum atomic E-state index is 6.24. The Balaban J connectivity index is 1.94. The van der Waals surface area contributed by atoms with Gasteiger partial charge in [0.05, 0.1) is 17.6 Å². The van der Waals surface area contributed by atoms with Crippen LogP contribution in [0.25, 0.3) is 10.9 Å². The van der Waals surface area contributed by atoms with E-state index in [1.54, 1.807) is 7.11 Å². The lowest BCUT2D eigenvalue weighted by atomic mass is 10.2. The molecule has 4 nitrogen and oxygen atoms in total. The quantitative estimate of drug-likeness (QED) is 0.942. The van der Waals surface area contributed by atoms with Crippen LogP contribution >= 0.6 is 11.6 Å². The van der Waals surface area contributed by atoms with Crippen LogP contribution in [0.5, 0.6) is 5.75 Å². The van der Waals surface area contributed by atoms with Gasteiger partial charge < -0.3 is 15.0 Å². The van der Waals surface area contributed by atoms with Crippen LogP contribution in [0.15, 0.2) is 18.2 Å². The molecule has 2 heterocycles. The van der Waals surface area contributed by atoms with Crippen LogP contribution in [-0.4, -0.2) is 36.2 Å². The predicted octanol–water partition coefficient (Wildman–Crippen LogP) is 2.47. The SMILES string of the molecule is COc1cc2cc3n(c2cc1Cl)CCN(CCCN)C3. The molecule has 2 N–H and O–H groups in total. The van der Waals surface area contributed by atoms with E-state index in [2.05, 4.69) is 15.5 Å². The van der Waals surface area contributed by atoms with Gasteiger partial charge in [0.25, 0.3) is 0 Å². The summed E-state index contributed by atoms with van der Waals surface area (Å²) < 4.78 is 7.65. The molecular formula is C15H20ClN3O. The van der Waals surface area contributed by atoms with Crippen LogP contribution in [0.1, 0.15) is 12.1 Å². The van der Waals surface area contributed by atoms with E-state index in [4.69, 9.17) is 22.1 Å². The average Bonchev–Trinajstić information content (AvgIpc) is 2.80. The zero-order chi connectivity index (χ0) is 14.1. The zero-order valence-corrected chi connectivity index (χ0v) is 12.5. The molecule has 0 bridgehead atoms. The maximum Gasteiger partial charge on any atom is 0.138 e. The molecule has 0 saturated carbocycles. The smallest absolute Gasteiger partial charge is 0.138 e. The van der Waals surface area contributed by atoms with E-state index in [9.17, 15) is 0 Å². The van der Waals surface area contributed by atoms with Gasteiger partial charge in [-0.1, -0.05) is 11.6 Å². The first-order chi connectivity index (χ1) is 9.72. The molecule has 0 aliphatic carbocycles. The highest BCUT2D eigenvalue weighted by Gasteiger charge is 2.19. The van der Waals surface area contributed by atoms with Crippen LogP contribution in [0.2, 0.25) is 5.02 Å². The van der Waals surface area contributed by atoms with Crippen molar-refractivity contribution in [2.24, 2.45) is 5.73 Å². The summed E-state index contributed by atoms with van der Waals surface area (Å²) in [6.07, 6.45) is 1.06. The monoisotopic (exact) mass is 293 g/mol. The molecule has 0 fully saturated rings. The third-order valence-corrected chi connectivity index (χ3v) is 4.26. The highest BCUT2D eigenvalue weighted by molar-refractivity contribution is 6.32. The Bertz CT molecular complexity index is 623. The second kappa shape index (κ2) is 5.64. The number of halogens is 1. The summed E-state index contributed by atoms with van der Waals surface area (Å²) >= 11 is 6.24. The molecule has 1 aromatic heterocycles. The number of methoxy groups -OCH3 is 1. The maximum absolute atomic E-state index is 6.24. The van der Waals surface area contributed by atoms with Crippen molar-refractivity contribution in [3.8, 4) is 5.75 Å². The van der Waals surface area contributed by atoms with E-state index in [0.29, 0.717) is 5.02 Å². The third kappa shape index (κ3) is 2.39. The minimum atomic E-state index is 0.673. The van der Waals surface area contributed by atoms with Crippen molar-refractivity contribution >= 4 is 22.5 Å². The van der Waals surface area contributed by atoms with Crippen LogP contribution in [0, 0.1) is 0 Å². The Morgan fingerprint density at radius 3 is 2.90 bits per heavy atom. The first kappa shape index (κ1) is 13.7. The fraction of sp³-hybridized carbons (Fsp3) is 0.467. The molecule has 3 rings (SSSR count). The molecule has 1 aromatic carbocycles. The molecule has 1 aliphatic heterocycles. The highest BCUT2D eigenvalue weighted by Crippen LogP contribution is 2.33. The summed E-state index contributed by atoms with van der Waals surface area (Å²) in [6.45, 7) is 4.88. The Kier molecular flexibility index (Phi) is 3.87. The summed E-state index contributed by atoms with van der Waals surface area (Å²) in [6, 6.07) is 6.27. The van der Waals surface area contributed by atoms with Crippen LogP contribution in [0.3, 0.4) is 0 Å². The number of nitrogens with zero attached hydrogens (tertiary/aromatic N) is 2. The lowest BCUT2D eigenvalue weighted by molar-refractivity contribution is 0.222. The number of hydrogen-bond donors (Lipinski definition) is 1. The van der Waals surface area contributed by atoms with E-state index in [-0.39, 0.29) is 0 Å². The second-order valence-corrected chi connectivity index (χ2v) is 5.66. The molecule has 108 valence electrons. The van der Waals surface area contributed by atoms with Gasteiger partial charge in [-0.05, 0) is 37.7 Å². The molecule has 5 heteroatoms. The van der Waals surface area contributed by atoms with Crippen molar-refractivity contribution in [3.05, 3.63) is 28.9 Å². The highest BCUT2D eigenvalue weighted by atomic mass is 35.5. The Morgan fingerprint density at radius 2 is 2.15 bits per heavy atom. The molecule has 0 radical (unpaired) electrons. The summed E-state index contributed by atoms with van der Waals surface area (Å²) in [5.41, 5.74) is 8.13. The zero-order valence-electron chi connectivity index (χ0n) is 11.7. The third-order valence-electron chi connectivity index (χ3n) is 3.96. The Hall–Kier alpha value is -1.23. The van der Waals surface area contributed by atoms with E-state index in [0.717, 1.165) is 44.9 Å². The van der Waals surface area contributed by atoms with Gasteiger partial charge in [-0.25, -0.2) is 0 Å². The molecule has 0 atom stereocenters. The summed E-state index contributed by atoms with van der Waals surface area (Å²) in [4.78, 5) is 2.46. The minimum absolute atomic E-state index is 0.673. The average molecular weight is 294 g/mol. The second-order valence-electron chi connectivity index (χ2n) is 5.25. The topological polar surface area (TPSA) is 43.4 Å². The van der Waals surface area contributed by atoms with Crippen molar-refractivity contribution in [1.29, 1.82) is 0 Å². The van der Waals surface area contributed by atoms with E-state index in [1.165, 1.54) is 16.6 Å². The molecule has 0 saturated heterocycles. The van der Waals surface area contributed by atoms with Crippen molar-refractivity contribution in [2.75, 3.05) is 26.7 Å². The van der Waals surface area contributed by atoms with Gasteiger partial charge in [0.1, 0.15) is 5.75 Å². The molecular weight excluding hydrogens is 274 g/mol. The number of benzene rings is 1. The number of aromatic nitrogens is 1. The van der Waals surface area contributed by atoms with Crippen molar-refractivity contribution in [2.45, 2.75) is 19.5 Å². The fourth-order valence-corrected chi connectivity index (χ4v) is 3.16. The normalized spacial score (nSPS) is 15.6. The largest absolute Gasteiger partial charge is 0.495 e. The molecule has 1 aliphatic rings. The lowest BCUT2D eigenvalue weighted by Crippen LogP contribution is -2.34. The van der Waals surface area contributed by atoms with Crippen molar-refractivity contribution in [3.63, 3.8) is 0 Å². The van der Waals surface area contributed by atoms with Crippen LogP contribution in [-0.2, 0) is 13.1 Å². The molecule has 0 unspecified atom stereocenters. The lowest BCUT2D eigenvalue weighted by Gasteiger charge is -2.28. The Morgan fingerprint density at radius 1 is 1.30 bits per heavy atom. The van der Waals surface area contributed by atoms with Gasteiger partial charge in [-0.3, -0.25) is 4.90 Å². The molecule has 2 aromatic rings. The minimum Gasteiger partial charge on any atom is -0.495 e. The van der Waals surface area contributed by atoms with Gasteiger partial charge in [-0.2, -0.15) is 0 Å². The summed E-state index contributed by atoms with van der Waals surface area (Å²) in [7, 11) is 1.65.